The smallest absolute Gasteiger partial charge is 0.0692 e. The lowest BCUT2D eigenvalue weighted by molar-refractivity contribution is 0.502. The average Bonchev–Trinajstić information content (AvgIpc) is 2.90. The van der Waals surface area contributed by atoms with Gasteiger partial charge in [-0.15, -0.1) is 16.4 Å². The second kappa shape index (κ2) is 5.04. The lowest BCUT2D eigenvalue weighted by Gasteiger charge is -2.11. The Morgan fingerprint density at radius 1 is 1.60 bits per heavy atom. The first-order valence-corrected chi connectivity index (χ1v) is 5.85. The molecule has 2 heterocycles. The van der Waals surface area contributed by atoms with Crippen molar-refractivity contribution in [2.24, 2.45) is 0 Å². The van der Waals surface area contributed by atoms with Gasteiger partial charge >= 0.3 is 0 Å². The van der Waals surface area contributed by atoms with E-state index in [1.54, 1.807) is 17.5 Å². The zero-order chi connectivity index (χ0) is 10.5. The molecule has 80 valence electrons. The second-order valence-electron chi connectivity index (χ2n) is 3.36. The van der Waals surface area contributed by atoms with Gasteiger partial charge < -0.3 is 5.32 Å². The summed E-state index contributed by atoms with van der Waals surface area (Å²) in [5, 5.41) is 13.2. The SMILES string of the molecule is CC(NCCn1ccnn1)c1cccs1. The summed E-state index contributed by atoms with van der Waals surface area (Å²) in [6, 6.07) is 4.64. The van der Waals surface area contributed by atoms with Crippen LogP contribution in [0.2, 0.25) is 0 Å². The van der Waals surface area contributed by atoms with Gasteiger partial charge in [0.05, 0.1) is 12.7 Å². The van der Waals surface area contributed by atoms with Crippen molar-refractivity contribution < 1.29 is 0 Å². The predicted molar refractivity (Wildman–Crippen MR) is 60.8 cm³/mol. The summed E-state index contributed by atoms with van der Waals surface area (Å²) < 4.78 is 1.83. The van der Waals surface area contributed by atoms with Crippen LogP contribution in [0, 0.1) is 0 Å². The minimum Gasteiger partial charge on any atom is -0.308 e. The molecule has 0 aliphatic rings. The van der Waals surface area contributed by atoms with Gasteiger partial charge in [0, 0.05) is 23.7 Å². The molecule has 0 saturated heterocycles. The summed E-state index contributed by atoms with van der Waals surface area (Å²) in [5.74, 6) is 0. The van der Waals surface area contributed by atoms with Gasteiger partial charge in [-0.3, -0.25) is 4.68 Å². The summed E-state index contributed by atoms with van der Waals surface area (Å²) in [5.41, 5.74) is 0. The van der Waals surface area contributed by atoms with Gasteiger partial charge in [0.2, 0.25) is 0 Å². The van der Waals surface area contributed by atoms with Crippen LogP contribution >= 0.6 is 11.3 Å². The number of nitrogens with zero attached hydrogens (tertiary/aromatic N) is 3. The predicted octanol–water partition coefficient (Wildman–Crippen LogP) is 1.69. The lowest BCUT2D eigenvalue weighted by Crippen LogP contribution is -2.23. The lowest BCUT2D eigenvalue weighted by atomic mass is 10.3. The Morgan fingerprint density at radius 2 is 2.53 bits per heavy atom. The third-order valence-electron chi connectivity index (χ3n) is 2.23. The molecule has 4 nitrogen and oxygen atoms in total. The third-order valence-corrected chi connectivity index (χ3v) is 3.29. The van der Waals surface area contributed by atoms with Crippen molar-refractivity contribution in [2.75, 3.05) is 6.54 Å². The summed E-state index contributed by atoms with van der Waals surface area (Å²) in [6.45, 7) is 3.94. The number of thiophene rings is 1. The zero-order valence-corrected chi connectivity index (χ0v) is 9.44. The topological polar surface area (TPSA) is 42.7 Å². The molecule has 15 heavy (non-hydrogen) atoms. The first-order valence-electron chi connectivity index (χ1n) is 4.97. The maximum absolute atomic E-state index is 3.91. The molecule has 0 fully saturated rings. The van der Waals surface area contributed by atoms with Crippen LogP contribution < -0.4 is 5.32 Å². The molecule has 1 N–H and O–H groups in total. The molecule has 1 unspecified atom stereocenters. The number of nitrogens with one attached hydrogen (secondary N) is 1. The van der Waals surface area contributed by atoms with Crippen molar-refractivity contribution in [3.8, 4) is 0 Å². The molecule has 2 aromatic rings. The molecule has 5 heteroatoms. The minimum atomic E-state index is 0.411. The minimum absolute atomic E-state index is 0.411. The van der Waals surface area contributed by atoms with Crippen LogP contribution in [-0.2, 0) is 6.54 Å². The number of hydrogen-bond donors (Lipinski definition) is 1. The third kappa shape index (κ3) is 2.87. The molecule has 0 radical (unpaired) electrons. The van der Waals surface area contributed by atoms with E-state index < -0.39 is 0 Å². The molecular weight excluding hydrogens is 208 g/mol. The first kappa shape index (κ1) is 10.3. The summed E-state index contributed by atoms with van der Waals surface area (Å²) >= 11 is 1.78. The van der Waals surface area contributed by atoms with Gasteiger partial charge in [0.25, 0.3) is 0 Å². The van der Waals surface area contributed by atoms with Crippen molar-refractivity contribution in [3.63, 3.8) is 0 Å². The van der Waals surface area contributed by atoms with Gasteiger partial charge in [-0.25, -0.2) is 0 Å². The van der Waals surface area contributed by atoms with E-state index in [4.69, 9.17) is 0 Å². The van der Waals surface area contributed by atoms with E-state index >= 15 is 0 Å². The van der Waals surface area contributed by atoms with Gasteiger partial charge in [-0.1, -0.05) is 11.3 Å². The van der Waals surface area contributed by atoms with Crippen molar-refractivity contribution in [3.05, 3.63) is 34.8 Å². The number of rotatable bonds is 5. The monoisotopic (exact) mass is 222 g/mol. The Kier molecular flexibility index (Phi) is 3.47. The van der Waals surface area contributed by atoms with Crippen LogP contribution in [-0.4, -0.2) is 21.5 Å². The molecule has 2 aromatic heterocycles. The average molecular weight is 222 g/mol. The maximum atomic E-state index is 3.91. The molecule has 0 bridgehead atoms. The van der Waals surface area contributed by atoms with E-state index in [0.29, 0.717) is 6.04 Å². The molecule has 2 rings (SSSR count). The number of hydrogen-bond acceptors (Lipinski definition) is 4. The highest BCUT2D eigenvalue weighted by atomic mass is 32.1. The highest BCUT2D eigenvalue weighted by molar-refractivity contribution is 7.10. The fraction of sp³-hybridized carbons (Fsp3) is 0.400. The second-order valence-corrected chi connectivity index (χ2v) is 4.34. The summed E-state index contributed by atoms with van der Waals surface area (Å²) in [6.07, 6.45) is 3.57. The van der Waals surface area contributed by atoms with Crippen LogP contribution in [0.15, 0.2) is 29.9 Å². The Balaban J connectivity index is 1.74. The molecule has 1 atom stereocenters. The standard InChI is InChI=1S/C10H14N4S/c1-9(10-3-2-8-15-10)11-4-6-14-7-5-12-13-14/h2-3,5,7-9,11H,4,6H2,1H3. The fourth-order valence-electron chi connectivity index (χ4n) is 1.39. The zero-order valence-electron chi connectivity index (χ0n) is 8.63. The Labute approximate surface area is 92.9 Å². The molecule has 0 aliphatic heterocycles. The fourth-order valence-corrected chi connectivity index (χ4v) is 2.14. The first-order chi connectivity index (χ1) is 7.36. The Hall–Kier alpha value is -1.20. The normalized spacial score (nSPS) is 12.9. The molecule has 0 saturated carbocycles. The molecular formula is C10H14N4S. The van der Waals surface area contributed by atoms with E-state index in [-0.39, 0.29) is 0 Å². The molecule has 0 amide bonds. The van der Waals surface area contributed by atoms with Crippen LogP contribution in [0.5, 0.6) is 0 Å². The molecule has 0 spiro atoms. The highest BCUT2D eigenvalue weighted by Gasteiger charge is 2.04. The summed E-state index contributed by atoms with van der Waals surface area (Å²) in [4.78, 5) is 1.37. The Bertz CT molecular complexity index is 368. The van der Waals surface area contributed by atoms with Crippen molar-refractivity contribution in [2.45, 2.75) is 19.5 Å². The van der Waals surface area contributed by atoms with E-state index in [1.165, 1.54) is 4.88 Å². The van der Waals surface area contributed by atoms with E-state index in [9.17, 15) is 0 Å². The van der Waals surface area contributed by atoms with Gasteiger partial charge in [0.1, 0.15) is 0 Å². The largest absolute Gasteiger partial charge is 0.308 e. The number of aromatic nitrogens is 3. The maximum Gasteiger partial charge on any atom is 0.0692 e. The molecule has 0 aliphatic carbocycles. The van der Waals surface area contributed by atoms with E-state index in [2.05, 4.69) is 40.1 Å². The van der Waals surface area contributed by atoms with Crippen molar-refractivity contribution in [1.29, 1.82) is 0 Å². The van der Waals surface area contributed by atoms with Crippen LogP contribution in [0.3, 0.4) is 0 Å². The Morgan fingerprint density at radius 3 is 3.20 bits per heavy atom. The molecule has 0 aromatic carbocycles. The van der Waals surface area contributed by atoms with Crippen LogP contribution in [0.25, 0.3) is 0 Å². The van der Waals surface area contributed by atoms with Crippen LogP contribution in [0.1, 0.15) is 17.8 Å². The van der Waals surface area contributed by atoms with Gasteiger partial charge in [-0.2, -0.15) is 0 Å². The van der Waals surface area contributed by atoms with Crippen LogP contribution in [0.4, 0.5) is 0 Å². The summed E-state index contributed by atoms with van der Waals surface area (Å²) in [7, 11) is 0. The quantitative estimate of drug-likeness (QED) is 0.837. The van der Waals surface area contributed by atoms with Gasteiger partial charge in [-0.05, 0) is 18.4 Å². The van der Waals surface area contributed by atoms with E-state index in [0.717, 1.165) is 13.1 Å². The van der Waals surface area contributed by atoms with Gasteiger partial charge in [0.15, 0.2) is 0 Å². The van der Waals surface area contributed by atoms with E-state index in [1.807, 2.05) is 10.9 Å². The van der Waals surface area contributed by atoms with Crippen molar-refractivity contribution >= 4 is 11.3 Å². The van der Waals surface area contributed by atoms with Crippen molar-refractivity contribution in [1.82, 2.24) is 20.3 Å². The highest BCUT2D eigenvalue weighted by Crippen LogP contribution is 2.17.